The summed E-state index contributed by atoms with van der Waals surface area (Å²) in [6.45, 7) is 0. The largest absolute Gasteiger partial charge is 0.504 e. The van der Waals surface area contributed by atoms with Gasteiger partial charge in [0.25, 0.3) is 5.96 Å². The Labute approximate surface area is 86.3 Å². The highest BCUT2D eigenvalue weighted by molar-refractivity contribution is 5.76. The van der Waals surface area contributed by atoms with Gasteiger partial charge in [-0.2, -0.15) is 0 Å². The van der Waals surface area contributed by atoms with Crippen molar-refractivity contribution >= 4 is 5.96 Å². The van der Waals surface area contributed by atoms with Crippen molar-refractivity contribution in [1.82, 2.24) is 0 Å². The van der Waals surface area contributed by atoms with Crippen LogP contribution in [0, 0.1) is 6.07 Å². The zero-order valence-corrected chi connectivity index (χ0v) is 7.88. The molecule has 1 aromatic rings. The highest BCUT2D eigenvalue weighted by atomic mass is 16.3. The highest BCUT2D eigenvalue weighted by Crippen LogP contribution is 2.24. The van der Waals surface area contributed by atoms with E-state index in [1.807, 2.05) is 0 Å². The Balaban J connectivity index is 2.69. The molecule has 0 atom stereocenters. The lowest BCUT2D eigenvalue weighted by Crippen LogP contribution is -2.21. The molecule has 6 N–H and O–H groups in total. The molecule has 1 aromatic carbocycles. The van der Waals surface area contributed by atoms with E-state index in [1.54, 1.807) is 6.07 Å². The van der Waals surface area contributed by atoms with E-state index in [0.717, 1.165) is 5.56 Å². The molecule has 0 saturated carbocycles. The van der Waals surface area contributed by atoms with Gasteiger partial charge in [-0.05, 0) is 17.7 Å². The number of phenols is 2. The van der Waals surface area contributed by atoms with E-state index in [0.29, 0.717) is 6.42 Å². The molecule has 78 valence electrons. The van der Waals surface area contributed by atoms with Crippen LogP contribution in [0.1, 0.15) is 5.56 Å². The van der Waals surface area contributed by atoms with Crippen molar-refractivity contribution < 1.29 is 10.2 Å². The third kappa shape index (κ3) is 3.44. The minimum atomic E-state index is -0.184. The first-order valence-corrected chi connectivity index (χ1v) is 4.12. The van der Waals surface area contributed by atoms with E-state index in [4.69, 9.17) is 21.7 Å². The molecule has 6 heteroatoms. The van der Waals surface area contributed by atoms with E-state index < -0.39 is 0 Å². The summed E-state index contributed by atoms with van der Waals surface area (Å²) in [7, 11) is 0. The number of guanidine groups is 1. The number of benzene rings is 1. The molecule has 0 radical (unpaired) electrons. The van der Waals surface area contributed by atoms with Crippen LogP contribution in [0.2, 0.25) is 0 Å². The molecule has 0 aliphatic rings. The Morgan fingerprint density at radius 1 is 1.33 bits per heavy atom. The van der Waals surface area contributed by atoms with E-state index in [1.165, 1.54) is 12.1 Å². The summed E-state index contributed by atoms with van der Waals surface area (Å²) in [5.74, 6) is -0.493. The minimum absolute atomic E-state index is 0.143. The maximum Gasteiger partial charge on any atom is 0.327 e. The second-order valence-electron chi connectivity index (χ2n) is 2.78. The van der Waals surface area contributed by atoms with Gasteiger partial charge in [0.2, 0.25) is 0 Å². The van der Waals surface area contributed by atoms with E-state index in [2.05, 4.69) is 16.1 Å². The second-order valence-corrected chi connectivity index (χ2v) is 2.78. The van der Waals surface area contributed by atoms with Gasteiger partial charge in [-0.3, -0.25) is 0 Å². The van der Waals surface area contributed by atoms with Gasteiger partial charge in [-0.15, -0.1) is 0 Å². The van der Waals surface area contributed by atoms with Gasteiger partial charge in [-0.25, -0.2) is 0 Å². The van der Waals surface area contributed by atoms with Crippen molar-refractivity contribution in [1.29, 1.82) is 0 Å². The molecule has 0 bridgehead atoms. The summed E-state index contributed by atoms with van der Waals surface area (Å²) in [6.07, 6.45) is 0.338. The predicted octanol–water partition coefficient (Wildman–Crippen LogP) is 0.162. The number of phenolic OH excluding ortho intramolecular Hbond substituents is 2. The predicted molar refractivity (Wildman–Crippen MR) is 56.5 cm³/mol. The molecular weight excluding hydrogens is 196 g/mol. The molecule has 0 aliphatic carbocycles. The van der Waals surface area contributed by atoms with Gasteiger partial charge in [0.15, 0.2) is 16.6 Å². The fourth-order valence-corrected chi connectivity index (χ4v) is 0.899. The quantitative estimate of drug-likeness (QED) is 0.227. The maximum absolute atomic E-state index is 9.17. The molecule has 0 unspecified atom stereocenters. The first-order chi connectivity index (χ1) is 7.09. The minimum Gasteiger partial charge on any atom is -0.504 e. The van der Waals surface area contributed by atoms with Crippen molar-refractivity contribution in [3.05, 3.63) is 28.7 Å². The molecule has 0 aromatic heterocycles. The Hall–Kier alpha value is -2.42. The molecule has 0 amide bonds. The van der Waals surface area contributed by atoms with Crippen molar-refractivity contribution in [2.75, 3.05) is 0 Å². The summed E-state index contributed by atoms with van der Waals surface area (Å²) in [5, 5.41) is 21.6. The lowest BCUT2D eigenvalue weighted by molar-refractivity contribution is 0.403. The van der Waals surface area contributed by atoms with Crippen LogP contribution >= 0.6 is 0 Å². The fourth-order valence-electron chi connectivity index (χ4n) is 0.899. The van der Waals surface area contributed by atoms with Crippen LogP contribution < -0.4 is 11.5 Å². The second kappa shape index (κ2) is 4.72. The highest BCUT2D eigenvalue weighted by Gasteiger charge is 2.01. The van der Waals surface area contributed by atoms with Crippen LogP contribution in [0.25, 0.3) is 4.95 Å². The molecule has 6 nitrogen and oxygen atoms in total. The number of nitrogens with two attached hydrogens (primary N) is 2. The smallest absolute Gasteiger partial charge is 0.327 e. The van der Waals surface area contributed by atoms with Crippen molar-refractivity contribution in [3.8, 4) is 17.6 Å². The van der Waals surface area contributed by atoms with Crippen molar-refractivity contribution in [2.45, 2.75) is 6.42 Å². The zero-order chi connectivity index (χ0) is 11.3. The lowest BCUT2D eigenvalue weighted by Gasteiger charge is -1.97. The maximum atomic E-state index is 9.17. The number of nitrogens with zero attached hydrogens (tertiary/aromatic N) is 2. The molecule has 1 rings (SSSR count). The molecule has 15 heavy (non-hydrogen) atoms. The van der Waals surface area contributed by atoms with Crippen LogP contribution in [-0.4, -0.2) is 16.2 Å². The molecular formula is C9H11N4O2+. The Kier molecular flexibility index (Phi) is 3.35. The Morgan fingerprint density at radius 3 is 2.67 bits per heavy atom. The average molecular weight is 207 g/mol. The van der Waals surface area contributed by atoms with Crippen LogP contribution in [0.3, 0.4) is 0 Å². The van der Waals surface area contributed by atoms with Gasteiger partial charge < -0.3 is 21.7 Å². The summed E-state index contributed by atoms with van der Waals surface area (Å²) >= 11 is 0. The van der Waals surface area contributed by atoms with Gasteiger partial charge in [-0.1, -0.05) is 6.07 Å². The average Bonchev–Trinajstić information content (AvgIpc) is 2.18. The first-order valence-electron chi connectivity index (χ1n) is 4.12. The Bertz CT molecular complexity index is 441. The SMILES string of the molecule is NC(N)=N[N+]#CCc1ccc(O)c(O)c1. The zero-order valence-electron chi connectivity index (χ0n) is 7.88. The first kappa shape index (κ1) is 10.7. The number of rotatable bonds is 1. The molecule has 0 fully saturated rings. The summed E-state index contributed by atoms with van der Waals surface area (Å²) < 4.78 is 0. The van der Waals surface area contributed by atoms with Crippen LogP contribution in [-0.2, 0) is 6.42 Å². The van der Waals surface area contributed by atoms with E-state index >= 15 is 0 Å². The van der Waals surface area contributed by atoms with Gasteiger partial charge in [0, 0.05) is 0 Å². The van der Waals surface area contributed by atoms with Crippen LogP contribution in [0.5, 0.6) is 11.5 Å². The van der Waals surface area contributed by atoms with E-state index in [9.17, 15) is 0 Å². The normalized spacial score (nSPS) is 8.80. The standard InChI is InChI=1S/C9H10N4O2/c10-9(11)13-12-4-3-6-1-2-7(14)8(15)5-6/h1-2,5H,3H2,(H5-,10,11,13,14,15)/p+1. The molecule has 0 saturated heterocycles. The fraction of sp³-hybridized carbons (Fsp3) is 0.111. The van der Waals surface area contributed by atoms with Crippen LogP contribution in [0.15, 0.2) is 23.3 Å². The molecule has 0 aliphatic heterocycles. The number of aromatic hydroxyl groups is 2. The van der Waals surface area contributed by atoms with Gasteiger partial charge in [0.05, 0.1) is 0 Å². The topological polar surface area (TPSA) is 109 Å². The third-order valence-corrected chi connectivity index (χ3v) is 1.56. The third-order valence-electron chi connectivity index (χ3n) is 1.56. The summed E-state index contributed by atoms with van der Waals surface area (Å²) in [5.41, 5.74) is 10.8. The lowest BCUT2D eigenvalue weighted by atomic mass is 10.1. The van der Waals surface area contributed by atoms with Gasteiger partial charge in [0.1, 0.15) is 11.4 Å². The molecule has 0 heterocycles. The molecule has 0 spiro atoms. The number of hydrogen-bond acceptors (Lipinski definition) is 3. The Morgan fingerprint density at radius 2 is 2.07 bits per heavy atom. The van der Waals surface area contributed by atoms with Crippen molar-refractivity contribution in [2.24, 2.45) is 16.6 Å². The monoisotopic (exact) mass is 207 g/mol. The van der Waals surface area contributed by atoms with Crippen molar-refractivity contribution in [3.63, 3.8) is 0 Å². The van der Waals surface area contributed by atoms with Crippen LogP contribution in [0.4, 0.5) is 0 Å². The van der Waals surface area contributed by atoms with E-state index in [-0.39, 0.29) is 17.5 Å². The number of hydrogen-bond donors (Lipinski definition) is 4. The summed E-state index contributed by atoms with van der Waals surface area (Å²) in [6, 6.07) is 6.99. The van der Waals surface area contributed by atoms with Gasteiger partial charge >= 0.3 is 6.07 Å². The summed E-state index contributed by atoms with van der Waals surface area (Å²) in [4.78, 5) is 3.46.